The Morgan fingerprint density at radius 3 is 2.37 bits per heavy atom. The van der Waals surface area contributed by atoms with Crippen molar-refractivity contribution < 1.29 is 0 Å². The van der Waals surface area contributed by atoms with Crippen LogP contribution in [0.2, 0.25) is 0 Å². The van der Waals surface area contributed by atoms with Crippen LogP contribution < -0.4 is 10.6 Å². The Morgan fingerprint density at radius 2 is 1.78 bits per heavy atom. The molecule has 0 bridgehead atoms. The smallest absolute Gasteiger partial charge is 0.191 e. The molecular formula is C20H33IN6. The summed E-state index contributed by atoms with van der Waals surface area (Å²) in [6.45, 7) is 11.7. The van der Waals surface area contributed by atoms with Crippen LogP contribution >= 0.6 is 24.0 Å². The first-order chi connectivity index (χ1) is 12.7. The minimum Gasteiger partial charge on any atom is -0.357 e. The van der Waals surface area contributed by atoms with E-state index in [0.717, 1.165) is 44.3 Å². The summed E-state index contributed by atoms with van der Waals surface area (Å²) in [5, 5.41) is 15.0. The number of hydrogen-bond acceptors (Lipinski definition) is 3. The Labute approximate surface area is 180 Å². The van der Waals surface area contributed by atoms with E-state index in [1.165, 1.54) is 5.56 Å². The zero-order valence-electron chi connectivity index (χ0n) is 16.9. The van der Waals surface area contributed by atoms with Gasteiger partial charge in [0.1, 0.15) is 12.9 Å². The molecule has 1 aromatic heterocycles. The SMILES string of the molecule is CCNC(=NCc1nncn1CC)NCC(CC)(CC)c1ccccc1.I. The molecule has 0 atom stereocenters. The first-order valence-electron chi connectivity index (χ1n) is 9.63. The van der Waals surface area contributed by atoms with Crippen LogP contribution in [0.25, 0.3) is 0 Å². The molecule has 0 aliphatic heterocycles. The quantitative estimate of drug-likeness (QED) is 0.324. The molecule has 2 aromatic rings. The maximum atomic E-state index is 4.70. The van der Waals surface area contributed by atoms with Crippen LogP contribution in [0.5, 0.6) is 0 Å². The summed E-state index contributed by atoms with van der Waals surface area (Å²) in [5.41, 5.74) is 1.47. The first kappa shape index (κ1) is 23.4. The van der Waals surface area contributed by atoms with E-state index in [-0.39, 0.29) is 29.4 Å². The molecule has 0 saturated heterocycles. The number of guanidine groups is 1. The monoisotopic (exact) mass is 484 g/mol. The van der Waals surface area contributed by atoms with E-state index in [1.54, 1.807) is 6.33 Å². The molecule has 0 spiro atoms. The molecule has 6 nitrogen and oxygen atoms in total. The van der Waals surface area contributed by atoms with Crippen LogP contribution in [-0.4, -0.2) is 33.8 Å². The summed E-state index contributed by atoms with van der Waals surface area (Å²) in [7, 11) is 0. The molecule has 1 aromatic carbocycles. The fourth-order valence-corrected chi connectivity index (χ4v) is 3.21. The number of halogens is 1. The number of benzene rings is 1. The van der Waals surface area contributed by atoms with Gasteiger partial charge in [0.05, 0.1) is 0 Å². The van der Waals surface area contributed by atoms with Gasteiger partial charge in [0.25, 0.3) is 0 Å². The van der Waals surface area contributed by atoms with Crippen LogP contribution in [-0.2, 0) is 18.5 Å². The van der Waals surface area contributed by atoms with E-state index in [4.69, 9.17) is 4.99 Å². The van der Waals surface area contributed by atoms with Gasteiger partial charge in [0.2, 0.25) is 0 Å². The van der Waals surface area contributed by atoms with Crippen LogP contribution in [0.15, 0.2) is 41.7 Å². The van der Waals surface area contributed by atoms with Gasteiger partial charge in [-0.05, 0) is 32.3 Å². The maximum absolute atomic E-state index is 4.70. The summed E-state index contributed by atoms with van der Waals surface area (Å²) in [5.74, 6) is 1.70. The number of nitrogens with zero attached hydrogens (tertiary/aromatic N) is 4. The van der Waals surface area contributed by atoms with E-state index in [0.29, 0.717) is 6.54 Å². The second-order valence-corrected chi connectivity index (χ2v) is 6.44. The van der Waals surface area contributed by atoms with Crippen LogP contribution in [0.3, 0.4) is 0 Å². The van der Waals surface area contributed by atoms with Gasteiger partial charge in [0.15, 0.2) is 11.8 Å². The molecule has 1 heterocycles. The van der Waals surface area contributed by atoms with Crippen LogP contribution in [0.4, 0.5) is 0 Å². The number of hydrogen-bond donors (Lipinski definition) is 2. The van der Waals surface area contributed by atoms with Gasteiger partial charge in [0, 0.05) is 25.0 Å². The third-order valence-electron chi connectivity index (χ3n) is 5.09. The lowest BCUT2D eigenvalue weighted by Crippen LogP contribution is -2.45. The van der Waals surface area contributed by atoms with Crippen molar-refractivity contribution in [2.45, 2.75) is 59.0 Å². The lowest BCUT2D eigenvalue weighted by molar-refractivity contribution is 0.389. The molecular weight excluding hydrogens is 451 g/mol. The van der Waals surface area contributed by atoms with Crippen molar-refractivity contribution in [3.8, 4) is 0 Å². The first-order valence-corrected chi connectivity index (χ1v) is 9.63. The van der Waals surface area contributed by atoms with Gasteiger partial charge in [-0.1, -0.05) is 44.2 Å². The van der Waals surface area contributed by atoms with Gasteiger partial charge in [-0.2, -0.15) is 0 Å². The molecule has 2 N–H and O–H groups in total. The summed E-state index contributed by atoms with van der Waals surface area (Å²) >= 11 is 0. The lowest BCUT2D eigenvalue weighted by Gasteiger charge is -2.33. The predicted octanol–water partition coefficient (Wildman–Crippen LogP) is 3.73. The van der Waals surface area contributed by atoms with Crippen molar-refractivity contribution >= 4 is 29.9 Å². The molecule has 0 fully saturated rings. The van der Waals surface area contributed by atoms with Gasteiger partial charge >= 0.3 is 0 Å². The fraction of sp³-hybridized carbons (Fsp3) is 0.550. The number of aromatic nitrogens is 3. The highest BCUT2D eigenvalue weighted by Crippen LogP contribution is 2.30. The normalized spacial score (nSPS) is 11.8. The van der Waals surface area contributed by atoms with Gasteiger partial charge < -0.3 is 15.2 Å². The highest BCUT2D eigenvalue weighted by atomic mass is 127. The topological polar surface area (TPSA) is 67.1 Å². The molecule has 0 amide bonds. The van der Waals surface area contributed by atoms with Crippen molar-refractivity contribution in [3.05, 3.63) is 48.0 Å². The minimum absolute atomic E-state index is 0. The summed E-state index contributed by atoms with van der Waals surface area (Å²) < 4.78 is 2.01. The number of nitrogens with one attached hydrogen (secondary N) is 2. The minimum atomic E-state index is 0. The molecule has 150 valence electrons. The number of aliphatic imine (C=N–C) groups is 1. The number of aryl methyl sites for hydroxylation is 1. The highest BCUT2D eigenvalue weighted by Gasteiger charge is 2.28. The van der Waals surface area contributed by atoms with Crippen molar-refractivity contribution in [1.82, 2.24) is 25.4 Å². The highest BCUT2D eigenvalue weighted by molar-refractivity contribution is 14.0. The molecule has 0 unspecified atom stereocenters. The summed E-state index contributed by atoms with van der Waals surface area (Å²) in [6.07, 6.45) is 3.90. The lowest BCUT2D eigenvalue weighted by atomic mass is 9.76. The van der Waals surface area contributed by atoms with Crippen LogP contribution in [0, 0.1) is 0 Å². The van der Waals surface area contributed by atoms with Crippen LogP contribution in [0.1, 0.15) is 51.9 Å². The zero-order chi connectivity index (χ0) is 18.8. The number of rotatable bonds is 9. The van der Waals surface area contributed by atoms with Gasteiger partial charge in [-0.25, -0.2) is 4.99 Å². The molecule has 0 radical (unpaired) electrons. The van der Waals surface area contributed by atoms with Crippen molar-refractivity contribution in [3.63, 3.8) is 0 Å². The van der Waals surface area contributed by atoms with Crippen molar-refractivity contribution in [2.75, 3.05) is 13.1 Å². The predicted molar refractivity (Wildman–Crippen MR) is 123 cm³/mol. The van der Waals surface area contributed by atoms with E-state index < -0.39 is 0 Å². The van der Waals surface area contributed by atoms with E-state index in [1.807, 2.05) is 4.57 Å². The standard InChI is InChI=1S/C20H32N6.HI/c1-5-20(6-2,17-12-10-9-11-13-17)15-23-19(21-7-3)22-14-18-25-24-16-26(18)8-4;/h9-13,16H,5-8,14-15H2,1-4H3,(H2,21,22,23);1H. The Balaban J connectivity index is 0.00000364. The molecule has 0 saturated carbocycles. The average Bonchev–Trinajstić information content (AvgIpc) is 3.15. The average molecular weight is 484 g/mol. The largest absolute Gasteiger partial charge is 0.357 e. The second kappa shape index (κ2) is 11.9. The maximum Gasteiger partial charge on any atom is 0.191 e. The Bertz CT molecular complexity index is 679. The summed E-state index contributed by atoms with van der Waals surface area (Å²) in [4.78, 5) is 4.70. The summed E-state index contributed by atoms with van der Waals surface area (Å²) in [6, 6.07) is 10.8. The van der Waals surface area contributed by atoms with Crippen molar-refractivity contribution in [1.29, 1.82) is 0 Å². The zero-order valence-corrected chi connectivity index (χ0v) is 19.2. The molecule has 27 heavy (non-hydrogen) atoms. The van der Waals surface area contributed by atoms with Crippen molar-refractivity contribution in [2.24, 2.45) is 4.99 Å². The molecule has 2 rings (SSSR count). The Hall–Kier alpha value is -1.64. The van der Waals surface area contributed by atoms with E-state index in [2.05, 4.69) is 78.9 Å². The van der Waals surface area contributed by atoms with E-state index in [9.17, 15) is 0 Å². The second-order valence-electron chi connectivity index (χ2n) is 6.44. The Morgan fingerprint density at radius 1 is 1.07 bits per heavy atom. The Kier molecular flexibility index (Phi) is 10.4. The fourth-order valence-electron chi connectivity index (χ4n) is 3.21. The molecule has 0 aliphatic rings. The molecule has 0 aliphatic carbocycles. The van der Waals surface area contributed by atoms with E-state index >= 15 is 0 Å². The molecule has 7 heteroatoms. The third kappa shape index (κ3) is 6.19. The van der Waals surface area contributed by atoms with Gasteiger partial charge in [-0.15, -0.1) is 34.2 Å². The van der Waals surface area contributed by atoms with Gasteiger partial charge in [-0.3, -0.25) is 0 Å². The third-order valence-corrected chi connectivity index (χ3v) is 5.09.